The molecule has 1 aliphatic rings. The van der Waals surface area contributed by atoms with Crippen LogP contribution in [0.4, 0.5) is 5.69 Å². The smallest absolute Gasteiger partial charge is 0.273 e. The fourth-order valence-corrected chi connectivity index (χ4v) is 3.63. The Labute approximate surface area is 126 Å². The Morgan fingerprint density at radius 1 is 1.48 bits per heavy atom. The third-order valence-corrected chi connectivity index (χ3v) is 4.78. The zero-order chi connectivity index (χ0) is 15.8. The molecule has 1 aromatic carbocycles. The third-order valence-electron chi connectivity index (χ3n) is 2.91. The van der Waals surface area contributed by atoms with E-state index in [2.05, 4.69) is 5.16 Å². The monoisotopic (exact) mass is 332 g/mol. The van der Waals surface area contributed by atoms with Crippen LogP contribution in [0.5, 0.6) is 0 Å². The highest BCUT2D eigenvalue weighted by molar-refractivity contribution is 8.05. The number of oxime groups is 1. The summed E-state index contributed by atoms with van der Waals surface area (Å²) in [4.78, 5) is 15.3. The molecule has 0 fully saturated rings. The molecule has 1 aromatic rings. The van der Waals surface area contributed by atoms with Crippen LogP contribution in [-0.2, 0) is 20.4 Å². The average molecular weight is 333 g/mol. The van der Waals surface area contributed by atoms with Gasteiger partial charge in [-0.05, 0) is 26.0 Å². The fraction of sp³-hybridized carbons (Fsp3) is 0.417. The van der Waals surface area contributed by atoms with Gasteiger partial charge in [-0.2, -0.15) is 0 Å². The van der Waals surface area contributed by atoms with Gasteiger partial charge in [0.15, 0.2) is 14.9 Å². The topological polar surface area (TPSA) is 98.9 Å². The molecule has 0 spiro atoms. The summed E-state index contributed by atoms with van der Waals surface area (Å²) in [5.74, 6) is -0.540. The summed E-state index contributed by atoms with van der Waals surface area (Å²) < 4.78 is 24.6. The number of sulfone groups is 1. The molecule has 1 aliphatic heterocycles. The van der Waals surface area contributed by atoms with Gasteiger partial charge in [0.1, 0.15) is 5.60 Å². The van der Waals surface area contributed by atoms with Crippen molar-refractivity contribution in [2.75, 3.05) is 0 Å². The van der Waals surface area contributed by atoms with Gasteiger partial charge in [-0.25, -0.2) is 8.42 Å². The van der Waals surface area contributed by atoms with Crippen molar-refractivity contribution in [2.24, 2.45) is 5.16 Å². The van der Waals surface area contributed by atoms with Gasteiger partial charge >= 0.3 is 0 Å². The Balaban J connectivity index is 2.34. The standard InChI is InChI=1S/C12H13ClN2O5S/c1-12(2)6-11(14-20-12)21(18,19)7-8-5-9(13)3-4-10(8)15(16)17/h3-5H,6-7H2,1-2H3. The SMILES string of the molecule is CC1(C)CC(S(=O)(=O)Cc2cc(Cl)ccc2[N+](=O)[O-])=NO1. The van der Waals surface area contributed by atoms with Crippen molar-refractivity contribution in [1.29, 1.82) is 0 Å². The number of nitrogens with zero attached hydrogens (tertiary/aromatic N) is 2. The Hall–Kier alpha value is -1.67. The molecule has 1 heterocycles. The first kappa shape index (κ1) is 15.7. The van der Waals surface area contributed by atoms with Gasteiger partial charge < -0.3 is 4.84 Å². The van der Waals surface area contributed by atoms with Crippen LogP contribution in [0.15, 0.2) is 23.4 Å². The zero-order valence-corrected chi connectivity index (χ0v) is 12.9. The minimum atomic E-state index is -3.79. The molecule has 0 amide bonds. The number of nitro groups is 1. The maximum Gasteiger partial charge on any atom is 0.273 e. The third kappa shape index (κ3) is 3.51. The van der Waals surface area contributed by atoms with Crippen LogP contribution in [0.25, 0.3) is 0 Å². The van der Waals surface area contributed by atoms with E-state index in [4.69, 9.17) is 16.4 Å². The second-order valence-electron chi connectivity index (χ2n) is 5.30. The van der Waals surface area contributed by atoms with Gasteiger partial charge in [0.05, 0.1) is 10.7 Å². The molecule has 9 heteroatoms. The van der Waals surface area contributed by atoms with E-state index in [1.54, 1.807) is 13.8 Å². The lowest BCUT2D eigenvalue weighted by molar-refractivity contribution is -0.385. The van der Waals surface area contributed by atoms with E-state index in [-0.39, 0.29) is 27.7 Å². The minimum Gasteiger partial charge on any atom is -0.389 e. The molecule has 114 valence electrons. The second-order valence-corrected chi connectivity index (χ2v) is 7.73. The lowest BCUT2D eigenvalue weighted by atomic mass is 10.1. The van der Waals surface area contributed by atoms with Gasteiger partial charge in [0.2, 0.25) is 0 Å². The quantitative estimate of drug-likeness (QED) is 0.626. The van der Waals surface area contributed by atoms with Crippen LogP contribution < -0.4 is 0 Å². The molecule has 0 radical (unpaired) electrons. The Kier molecular flexibility index (Phi) is 3.94. The molecule has 0 unspecified atom stereocenters. The van der Waals surface area contributed by atoms with E-state index >= 15 is 0 Å². The predicted octanol–water partition coefficient (Wildman–Crippen LogP) is 2.68. The van der Waals surface area contributed by atoms with Crippen LogP contribution in [-0.4, -0.2) is 24.0 Å². The largest absolute Gasteiger partial charge is 0.389 e. The van der Waals surface area contributed by atoms with Gasteiger partial charge in [-0.3, -0.25) is 10.1 Å². The number of benzene rings is 1. The summed E-state index contributed by atoms with van der Waals surface area (Å²) in [6.07, 6.45) is 0.129. The van der Waals surface area contributed by atoms with Crippen LogP contribution in [0.3, 0.4) is 0 Å². The van der Waals surface area contributed by atoms with E-state index < -0.39 is 26.1 Å². The van der Waals surface area contributed by atoms with E-state index in [9.17, 15) is 18.5 Å². The molecule has 0 atom stereocenters. The Morgan fingerprint density at radius 3 is 2.67 bits per heavy atom. The van der Waals surface area contributed by atoms with Crippen molar-refractivity contribution in [3.05, 3.63) is 38.9 Å². The maximum atomic E-state index is 12.3. The lowest BCUT2D eigenvalue weighted by Crippen LogP contribution is -2.23. The van der Waals surface area contributed by atoms with E-state index in [1.807, 2.05) is 0 Å². The summed E-state index contributed by atoms with van der Waals surface area (Å²) >= 11 is 5.78. The molecule has 21 heavy (non-hydrogen) atoms. The highest BCUT2D eigenvalue weighted by Gasteiger charge is 2.36. The molecular weight excluding hydrogens is 320 g/mol. The molecule has 0 aromatic heterocycles. The van der Waals surface area contributed by atoms with E-state index in [0.717, 1.165) is 0 Å². The first-order valence-corrected chi connectivity index (χ1v) is 8.04. The van der Waals surface area contributed by atoms with Gasteiger partial charge in [0.25, 0.3) is 5.69 Å². The highest BCUT2D eigenvalue weighted by atomic mass is 35.5. The summed E-state index contributed by atoms with van der Waals surface area (Å²) in [6, 6.07) is 3.80. The summed E-state index contributed by atoms with van der Waals surface area (Å²) in [5, 5.41) is 14.7. The normalized spacial score (nSPS) is 17.2. The van der Waals surface area contributed by atoms with Crippen LogP contribution >= 0.6 is 11.6 Å². The summed E-state index contributed by atoms with van der Waals surface area (Å²) in [6.45, 7) is 3.42. The predicted molar refractivity (Wildman–Crippen MR) is 77.9 cm³/mol. The van der Waals surface area contributed by atoms with Crippen LogP contribution in [0.2, 0.25) is 5.02 Å². The minimum absolute atomic E-state index is 0.0277. The molecule has 2 rings (SSSR count). The number of halogens is 1. The van der Waals surface area contributed by atoms with Crippen molar-refractivity contribution in [1.82, 2.24) is 0 Å². The molecule has 0 saturated heterocycles. The lowest BCUT2D eigenvalue weighted by Gasteiger charge is -2.13. The van der Waals surface area contributed by atoms with Crippen molar-refractivity contribution in [2.45, 2.75) is 31.6 Å². The molecule has 0 N–H and O–H groups in total. The van der Waals surface area contributed by atoms with Crippen LogP contribution in [0.1, 0.15) is 25.8 Å². The Morgan fingerprint density at radius 2 is 2.14 bits per heavy atom. The van der Waals surface area contributed by atoms with Gasteiger partial charge in [-0.15, -0.1) is 0 Å². The first-order chi connectivity index (χ1) is 9.61. The molecule has 0 saturated carbocycles. The number of hydrogen-bond donors (Lipinski definition) is 0. The molecular formula is C12H13ClN2O5S. The van der Waals surface area contributed by atoms with Crippen molar-refractivity contribution in [3.8, 4) is 0 Å². The van der Waals surface area contributed by atoms with E-state index in [1.165, 1.54) is 18.2 Å². The van der Waals surface area contributed by atoms with E-state index in [0.29, 0.717) is 0 Å². The maximum absolute atomic E-state index is 12.3. The number of nitro benzene ring substituents is 1. The molecule has 0 bridgehead atoms. The number of rotatable bonds is 3. The van der Waals surface area contributed by atoms with Gasteiger partial charge in [0, 0.05) is 23.1 Å². The second kappa shape index (κ2) is 5.27. The summed E-state index contributed by atoms with van der Waals surface area (Å²) in [5.41, 5.74) is -0.954. The first-order valence-electron chi connectivity index (χ1n) is 6.01. The molecule has 0 aliphatic carbocycles. The van der Waals surface area contributed by atoms with Crippen molar-refractivity contribution < 1.29 is 18.2 Å². The summed E-state index contributed by atoms with van der Waals surface area (Å²) in [7, 11) is -3.79. The Bertz CT molecular complexity index is 727. The van der Waals surface area contributed by atoms with Crippen LogP contribution in [0, 0.1) is 10.1 Å². The fourth-order valence-electron chi connectivity index (χ4n) is 1.91. The highest BCUT2D eigenvalue weighted by Crippen LogP contribution is 2.29. The molecule has 7 nitrogen and oxygen atoms in total. The van der Waals surface area contributed by atoms with Gasteiger partial charge in [-0.1, -0.05) is 16.8 Å². The van der Waals surface area contributed by atoms with Crippen molar-refractivity contribution >= 4 is 32.2 Å². The average Bonchev–Trinajstić information content (AvgIpc) is 2.69. The van der Waals surface area contributed by atoms with Crippen molar-refractivity contribution in [3.63, 3.8) is 0 Å². The number of hydrogen-bond acceptors (Lipinski definition) is 6. The zero-order valence-electron chi connectivity index (χ0n) is 11.4.